The van der Waals surface area contributed by atoms with Crippen LogP contribution < -0.4 is 10.6 Å². The standard InChI is InChI=1S/C18H23N3O4/c22-16-5-4-15(18(25)20-16)19-14-3-1-2-13(10-14)12-6-8-21(9-7-12)11-17(23)24/h1-3,10,12,15,19H,4-9,11H2,(H,23,24)(H,20,22,25). The van der Waals surface area contributed by atoms with Gasteiger partial charge in [0.05, 0.1) is 6.54 Å². The fraction of sp³-hybridized carbons (Fsp3) is 0.500. The summed E-state index contributed by atoms with van der Waals surface area (Å²) in [7, 11) is 0. The summed E-state index contributed by atoms with van der Waals surface area (Å²) >= 11 is 0. The Morgan fingerprint density at radius 1 is 1.24 bits per heavy atom. The fourth-order valence-electron chi connectivity index (χ4n) is 3.53. The highest BCUT2D eigenvalue weighted by molar-refractivity contribution is 6.01. The van der Waals surface area contributed by atoms with Gasteiger partial charge in [0.25, 0.3) is 0 Å². The molecule has 7 nitrogen and oxygen atoms in total. The molecule has 2 heterocycles. The minimum Gasteiger partial charge on any atom is -0.480 e. The SMILES string of the molecule is O=C(O)CN1CCC(c2cccc(NC3CCC(=O)NC3=O)c2)CC1. The molecule has 0 saturated carbocycles. The third-order valence-electron chi connectivity index (χ3n) is 4.88. The van der Waals surface area contributed by atoms with Gasteiger partial charge in [-0.2, -0.15) is 0 Å². The molecule has 1 atom stereocenters. The van der Waals surface area contributed by atoms with Crippen molar-refractivity contribution in [3.05, 3.63) is 29.8 Å². The first-order valence-corrected chi connectivity index (χ1v) is 8.65. The van der Waals surface area contributed by atoms with Crippen molar-refractivity contribution in [3.8, 4) is 0 Å². The predicted molar refractivity (Wildman–Crippen MR) is 92.3 cm³/mol. The van der Waals surface area contributed by atoms with Crippen LogP contribution in [0.1, 0.15) is 37.2 Å². The molecule has 134 valence electrons. The third kappa shape index (κ3) is 4.57. The maximum Gasteiger partial charge on any atom is 0.317 e. The van der Waals surface area contributed by atoms with E-state index in [0.29, 0.717) is 18.8 Å². The molecule has 2 aliphatic heterocycles. The zero-order valence-electron chi connectivity index (χ0n) is 14.0. The van der Waals surface area contributed by atoms with Crippen molar-refractivity contribution in [2.24, 2.45) is 0 Å². The monoisotopic (exact) mass is 345 g/mol. The van der Waals surface area contributed by atoms with Crippen molar-refractivity contribution in [2.75, 3.05) is 25.0 Å². The molecular formula is C18H23N3O4. The molecule has 3 N–H and O–H groups in total. The molecule has 1 unspecified atom stereocenters. The van der Waals surface area contributed by atoms with E-state index in [9.17, 15) is 14.4 Å². The maximum atomic E-state index is 11.9. The number of carbonyl (C=O) groups is 3. The number of amides is 2. The Labute approximate surface area is 146 Å². The van der Waals surface area contributed by atoms with Crippen LogP contribution in [0.15, 0.2) is 24.3 Å². The second-order valence-electron chi connectivity index (χ2n) is 6.72. The predicted octanol–water partition coefficient (Wildman–Crippen LogP) is 1.17. The normalized spacial score (nSPS) is 22.5. The van der Waals surface area contributed by atoms with Gasteiger partial charge in [-0.05, 0) is 56.0 Å². The van der Waals surface area contributed by atoms with Crippen molar-refractivity contribution in [1.29, 1.82) is 0 Å². The first-order valence-electron chi connectivity index (χ1n) is 8.65. The first-order chi connectivity index (χ1) is 12.0. The lowest BCUT2D eigenvalue weighted by atomic mass is 9.89. The van der Waals surface area contributed by atoms with Gasteiger partial charge >= 0.3 is 5.97 Å². The van der Waals surface area contributed by atoms with E-state index in [1.807, 2.05) is 17.0 Å². The number of likely N-dealkylation sites (tertiary alicyclic amines) is 1. The van der Waals surface area contributed by atoms with Gasteiger partial charge in [-0.3, -0.25) is 24.6 Å². The number of nitrogens with one attached hydrogen (secondary N) is 2. The number of rotatable bonds is 5. The molecule has 0 spiro atoms. The molecule has 2 aliphatic rings. The molecule has 2 fully saturated rings. The molecule has 3 rings (SSSR count). The highest BCUT2D eigenvalue weighted by Gasteiger charge is 2.27. The highest BCUT2D eigenvalue weighted by Crippen LogP contribution is 2.29. The highest BCUT2D eigenvalue weighted by atomic mass is 16.4. The van der Waals surface area contributed by atoms with Crippen molar-refractivity contribution >= 4 is 23.5 Å². The Morgan fingerprint density at radius 2 is 2.00 bits per heavy atom. The van der Waals surface area contributed by atoms with Crippen LogP contribution in [0.5, 0.6) is 0 Å². The Morgan fingerprint density at radius 3 is 2.68 bits per heavy atom. The Kier molecular flexibility index (Phi) is 5.33. The number of piperidine rings is 2. The minimum absolute atomic E-state index is 0.101. The molecule has 1 aromatic rings. The largest absolute Gasteiger partial charge is 0.480 e. The summed E-state index contributed by atoms with van der Waals surface area (Å²) in [6.45, 7) is 1.66. The van der Waals surface area contributed by atoms with Crippen LogP contribution in [0.4, 0.5) is 5.69 Å². The Bertz CT molecular complexity index is 668. The van der Waals surface area contributed by atoms with E-state index in [4.69, 9.17) is 5.11 Å². The van der Waals surface area contributed by atoms with Gasteiger partial charge in [0.1, 0.15) is 6.04 Å². The number of imide groups is 1. The number of hydrogen-bond donors (Lipinski definition) is 3. The van der Waals surface area contributed by atoms with Crippen LogP contribution in [0, 0.1) is 0 Å². The zero-order chi connectivity index (χ0) is 17.8. The number of carboxylic acid groups (broad SMARTS) is 1. The van der Waals surface area contributed by atoms with Gasteiger partial charge in [-0.25, -0.2) is 0 Å². The van der Waals surface area contributed by atoms with Gasteiger partial charge in [0.15, 0.2) is 0 Å². The topological polar surface area (TPSA) is 98.7 Å². The molecule has 7 heteroatoms. The lowest BCUT2D eigenvalue weighted by Crippen LogP contribution is -2.47. The summed E-state index contributed by atoms with van der Waals surface area (Å²) in [5.41, 5.74) is 2.08. The van der Waals surface area contributed by atoms with Gasteiger partial charge in [0.2, 0.25) is 11.8 Å². The van der Waals surface area contributed by atoms with Crippen LogP contribution in [0.25, 0.3) is 0 Å². The van der Waals surface area contributed by atoms with E-state index >= 15 is 0 Å². The lowest BCUT2D eigenvalue weighted by molar-refractivity contribution is -0.138. The molecule has 0 radical (unpaired) electrons. The Hall–Kier alpha value is -2.41. The van der Waals surface area contributed by atoms with E-state index < -0.39 is 5.97 Å². The van der Waals surface area contributed by atoms with E-state index in [1.165, 1.54) is 5.56 Å². The summed E-state index contributed by atoms with van der Waals surface area (Å²) in [6.07, 6.45) is 2.71. The zero-order valence-corrected chi connectivity index (χ0v) is 14.0. The van der Waals surface area contributed by atoms with E-state index in [0.717, 1.165) is 31.6 Å². The first kappa shape index (κ1) is 17.4. The van der Waals surface area contributed by atoms with Gasteiger partial charge in [0, 0.05) is 12.1 Å². The maximum absolute atomic E-state index is 11.9. The molecule has 0 bridgehead atoms. The molecule has 0 aromatic heterocycles. The summed E-state index contributed by atoms with van der Waals surface area (Å²) in [4.78, 5) is 35.9. The summed E-state index contributed by atoms with van der Waals surface area (Å²) < 4.78 is 0. The van der Waals surface area contributed by atoms with Crippen molar-refractivity contribution in [2.45, 2.75) is 37.6 Å². The van der Waals surface area contributed by atoms with Gasteiger partial charge in [-0.1, -0.05) is 12.1 Å². The smallest absolute Gasteiger partial charge is 0.317 e. The molecule has 1 aromatic carbocycles. The van der Waals surface area contributed by atoms with Crippen molar-refractivity contribution < 1.29 is 19.5 Å². The van der Waals surface area contributed by atoms with Gasteiger partial charge in [-0.15, -0.1) is 0 Å². The summed E-state index contributed by atoms with van der Waals surface area (Å²) in [6, 6.07) is 7.64. The fourth-order valence-corrected chi connectivity index (χ4v) is 3.53. The molecular weight excluding hydrogens is 322 g/mol. The van der Waals surface area contributed by atoms with E-state index in [-0.39, 0.29) is 24.4 Å². The number of hydrogen-bond acceptors (Lipinski definition) is 5. The summed E-state index contributed by atoms with van der Waals surface area (Å²) in [5, 5.41) is 14.4. The third-order valence-corrected chi connectivity index (χ3v) is 4.88. The minimum atomic E-state index is -0.783. The molecule has 2 saturated heterocycles. The van der Waals surface area contributed by atoms with E-state index in [2.05, 4.69) is 22.8 Å². The van der Waals surface area contributed by atoms with Crippen LogP contribution in [-0.2, 0) is 14.4 Å². The summed E-state index contributed by atoms with van der Waals surface area (Å²) in [5.74, 6) is -0.879. The van der Waals surface area contributed by atoms with E-state index in [1.54, 1.807) is 0 Å². The molecule has 25 heavy (non-hydrogen) atoms. The lowest BCUT2D eigenvalue weighted by Gasteiger charge is -2.31. The van der Waals surface area contributed by atoms with Crippen molar-refractivity contribution in [1.82, 2.24) is 10.2 Å². The van der Waals surface area contributed by atoms with Crippen molar-refractivity contribution in [3.63, 3.8) is 0 Å². The number of benzene rings is 1. The second-order valence-corrected chi connectivity index (χ2v) is 6.72. The Balaban J connectivity index is 1.59. The van der Waals surface area contributed by atoms with Gasteiger partial charge < -0.3 is 10.4 Å². The number of carboxylic acids is 1. The second kappa shape index (κ2) is 7.65. The average Bonchev–Trinajstić information content (AvgIpc) is 2.58. The number of anilines is 1. The van der Waals surface area contributed by atoms with Crippen LogP contribution in [0.3, 0.4) is 0 Å². The van der Waals surface area contributed by atoms with Crippen LogP contribution in [0.2, 0.25) is 0 Å². The number of aliphatic carboxylic acids is 1. The van der Waals surface area contributed by atoms with Crippen LogP contribution in [-0.4, -0.2) is 53.5 Å². The molecule has 2 amide bonds. The quantitative estimate of drug-likeness (QED) is 0.693. The van der Waals surface area contributed by atoms with Crippen LogP contribution >= 0.6 is 0 Å². The molecule has 0 aliphatic carbocycles. The average molecular weight is 345 g/mol. The number of nitrogens with zero attached hydrogens (tertiary/aromatic N) is 1. The number of carbonyl (C=O) groups excluding carboxylic acids is 2.